The molecule has 1 nitrogen and oxygen atoms in total. The molecule has 0 radical (unpaired) electrons. The molecule has 18 heavy (non-hydrogen) atoms. The molecule has 0 N–H and O–H groups in total. The number of hydrogen-bond donors (Lipinski definition) is 0. The Kier molecular flexibility index (Phi) is 2.96. The van der Waals surface area contributed by atoms with E-state index in [-0.39, 0.29) is 11.2 Å². The lowest BCUT2D eigenvalue weighted by molar-refractivity contribution is 0.357. The van der Waals surface area contributed by atoms with Crippen LogP contribution in [0.4, 0.5) is 4.39 Å². The van der Waals surface area contributed by atoms with Gasteiger partial charge in [-0.1, -0.05) is 24.3 Å². The van der Waals surface area contributed by atoms with Crippen molar-refractivity contribution in [2.24, 2.45) is 0 Å². The predicted octanol–water partition coefficient (Wildman–Crippen LogP) is 4.09. The molecule has 1 aliphatic rings. The second-order valence-electron chi connectivity index (χ2n) is 4.38. The summed E-state index contributed by atoms with van der Waals surface area (Å²) in [6.45, 7) is 0.738. The normalized spacial score (nSPS) is 15.0. The van der Waals surface area contributed by atoms with Gasteiger partial charge in [-0.25, -0.2) is 4.39 Å². The van der Waals surface area contributed by atoms with E-state index < -0.39 is 0 Å². The monoisotopic (exact) mass is 262 g/mol. The van der Waals surface area contributed by atoms with Crippen LogP contribution >= 0.6 is 11.6 Å². The van der Waals surface area contributed by atoms with Crippen molar-refractivity contribution in [3.63, 3.8) is 0 Å². The predicted molar refractivity (Wildman–Crippen MR) is 69.7 cm³/mol. The third kappa shape index (κ3) is 2.08. The molecule has 0 aromatic heterocycles. The van der Waals surface area contributed by atoms with Crippen LogP contribution in [-0.2, 0) is 6.42 Å². The molecular formula is C15H12ClFO. The molecule has 92 valence electrons. The fourth-order valence-corrected chi connectivity index (χ4v) is 2.47. The largest absolute Gasteiger partial charge is 0.493 e. The molecule has 1 atom stereocenters. The van der Waals surface area contributed by atoms with E-state index in [4.69, 9.17) is 16.3 Å². The Morgan fingerprint density at radius 2 is 1.78 bits per heavy atom. The van der Waals surface area contributed by atoms with Gasteiger partial charge in [0.1, 0.15) is 11.6 Å². The second-order valence-corrected chi connectivity index (χ2v) is 4.82. The van der Waals surface area contributed by atoms with Gasteiger partial charge >= 0.3 is 0 Å². The van der Waals surface area contributed by atoms with Gasteiger partial charge in [0.2, 0.25) is 0 Å². The second kappa shape index (κ2) is 4.62. The molecule has 2 aromatic rings. The Labute approximate surface area is 110 Å². The van der Waals surface area contributed by atoms with Crippen LogP contribution in [0.1, 0.15) is 22.1 Å². The van der Waals surface area contributed by atoms with Gasteiger partial charge < -0.3 is 4.74 Å². The van der Waals surface area contributed by atoms with E-state index in [0.717, 1.165) is 29.9 Å². The number of benzene rings is 2. The van der Waals surface area contributed by atoms with E-state index in [1.165, 1.54) is 17.7 Å². The van der Waals surface area contributed by atoms with Crippen LogP contribution in [0.25, 0.3) is 0 Å². The Morgan fingerprint density at radius 1 is 1.06 bits per heavy atom. The van der Waals surface area contributed by atoms with Crippen LogP contribution in [0.3, 0.4) is 0 Å². The van der Waals surface area contributed by atoms with E-state index in [2.05, 4.69) is 6.07 Å². The smallest absolute Gasteiger partial charge is 0.123 e. The summed E-state index contributed by atoms with van der Waals surface area (Å²) >= 11 is 6.42. The van der Waals surface area contributed by atoms with Crippen LogP contribution < -0.4 is 4.74 Å². The summed E-state index contributed by atoms with van der Waals surface area (Å²) in [4.78, 5) is 0. The lowest BCUT2D eigenvalue weighted by Crippen LogP contribution is -1.94. The summed E-state index contributed by atoms with van der Waals surface area (Å²) in [7, 11) is 0. The summed E-state index contributed by atoms with van der Waals surface area (Å²) in [6, 6.07) is 12.3. The highest BCUT2D eigenvalue weighted by atomic mass is 35.5. The van der Waals surface area contributed by atoms with E-state index in [1.807, 2.05) is 12.1 Å². The molecule has 0 spiro atoms. The van der Waals surface area contributed by atoms with Gasteiger partial charge in [0.25, 0.3) is 0 Å². The zero-order chi connectivity index (χ0) is 12.5. The molecule has 1 unspecified atom stereocenters. The van der Waals surface area contributed by atoms with Crippen molar-refractivity contribution in [3.8, 4) is 5.75 Å². The van der Waals surface area contributed by atoms with Gasteiger partial charge in [-0.05, 0) is 34.9 Å². The molecule has 0 fully saturated rings. The SMILES string of the molecule is Fc1ccc(C(Cl)c2ccc3c(c2)CCO3)cc1. The Hall–Kier alpha value is -1.54. The Morgan fingerprint density at radius 3 is 2.56 bits per heavy atom. The molecule has 0 saturated heterocycles. The lowest BCUT2D eigenvalue weighted by atomic mass is 10.0. The zero-order valence-corrected chi connectivity index (χ0v) is 10.5. The van der Waals surface area contributed by atoms with Crippen molar-refractivity contribution >= 4 is 11.6 Å². The van der Waals surface area contributed by atoms with Gasteiger partial charge in [-0.3, -0.25) is 0 Å². The van der Waals surface area contributed by atoms with Crippen molar-refractivity contribution in [2.75, 3.05) is 6.61 Å². The van der Waals surface area contributed by atoms with Crippen LogP contribution in [0.2, 0.25) is 0 Å². The molecule has 1 heterocycles. The summed E-state index contributed by atoms with van der Waals surface area (Å²) in [6.07, 6.45) is 0.927. The number of hydrogen-bond acceptors (Lipinski definition) is 1. The molecule has 0 aliphatic carbocycles. The first-order valence-electron chi connectivity index (χ1n) is 5.89. The first kappa shape index (κ1) is 11.5. The van der Waals surface area contributed by atoms with E-state index in [1.54, 1.807) is 12.1 Å². The number of halogens is 2. The average molecular weight is 263 g/mol. The van der Waals surface area contributed by atoms with E-state index in [9.17, 15) is 4.39 Å². The molecular weight excluding hydrogens is 251 g/mol. The highest BCUT2D eigenvalue weighted by Crippen LogP contribution is 2.33. The van der Waals surface area contributed by atoms with Crippen molar-refractivity contribution in [2.45, 2.75) is 11.8 Å². The number of fused-ring (bicyclic) bond motifs is 1. The lowest BCUT2D eigenvalue weighted by Gasteiger charge is -2.11. The van der Waals surface area contributed by atoms with Crippen LogP contribution in [0.15, 0.2) is 42.5 Å². The number of alkyl halides is 1. The average Bonchev–Trinajstić information content (AvgIpc) is 2.86. The molecule has 1 aliphatic heterocycles. The van der Waals surface area contributed by atoms with Crippen LogP contribution in [0.5, 0.6) is 5.75 Å². The highest BCUT2D eigenvalue weighted by Gasteiger charge is 2.16. The Balaban J connectivity index is 1.92. The maximum atomic E-state index is 12.9. The van der Waals surface area contributed by atoms with Crippen LogP contribution in [0, 0.1) is 5.82 Å². The maximum absolute atomic E-state index is 12.9. The fourth-order valence-electron chi connectivity index (χ4n) is 2.19. The first-order valence-corrected chi connectivity index (χ1v) is 6.33. The quantitative estimate of drug-likeness (QED) is 0.741. The van der Waals surface area contributed by atoms with Crippen molar-refractivity contribution in [1.82, 2.24) is 0 Å². The minimum Gasteiger partial charge on any atom is -0.493 e. The summed E-state index contributed by atoms with van der Waals surface area (Å²) in [5.74, 6) is 0.701. The standard InChI is InChI=1S/C15H12ClFO/c16-15(10-1-4-13(17)5-2-10)12-3-6-14-11(9-12)7-8-18-14/h1-6,9,15H,7-8H2. The Bertz CT molecular complexity index is 565. The molecule has 0 bridgehead atoms. The fraction of sp³-hybridized carbons (Fsp3) is 0.200. The molecule has 3 heteroatoms. The van der Waals surface area contributed by atoms with Gasteiger partial charge in [-0.2, -0.15) is 0 Å². The number of rotatable bonds is 2. The van der Waals surface area contributed by atoms with Crippen LogP contribution in [-0.4, -0.2) is 6.61 Å². The van der Waals surface area contributed by atoms with Crippen molar-refractivity contribution in [1.29, 1.82) is 0 Å². The minimum absolute atomic E-state index is 0.245. The summed E-state index contributed by atoms with van der Waals surface area (Å²) in [5, 5.41) is -0.253. The van der Waals surface area contributed by atoms with Gasteiger partial charge in [0, 0.05) is 6.42 Å². The van der Waals surface area contributed by atoms with Gasteiger partial charge in [0.15, 0.2) is 0 Å². The third-order valence-corrected chi connectivity index (χ3v) is 3.67. The first-order chi connectivity index (χ1) is 8.74. The molecule has 3 rings (SSSR count). The van der Waals surface area contributed by atoms with Gasteiger partial charge in [-0.15, -0.1) is 11.6 Å². The summed E-state index contributed by atoms with van der Waals surface area (Å²) in [5.41, 5.74) is 3.12. The molecule has 0 amide bonds. The summed E-state index contributed by atoms with van der Waals surface area (Å²) < 4.78 is 18.3. The maximum Gasteiger partial charge on any atom is 0.123 e. The molecule has 2 aromatic carbocycles. The highest BCUT2D eigenvalue weighted by molar-refractivity contribution is 6.22. The zero-order valence-electron chi connectivity index (χ0n) is 9.70. The topological polar surface area (TPSA) is 9.23 Å². The third-order valence-electron chi connectivity index (χ3n) is 3.17. The van der Waals surface area contributed by atoms with E-state index >= 15 is 0 Å². The minimum atomic E-state index is -0.253. The number of ether oxygens (including phenoxy) is 1. The molecule has 0 saturated carbocycles. The van der Waals surface area contributed by atoms with E-state index in [0.29, 0.717) is 0 Å². The van der Waals surface area contributed by atoms with Crippen molar-refractivity contribution in [3.05, 3.63) is 65.0 Å². The van der Waals surface area contributed by atoms with Crippen molar-refractivity contribution < 1.29 is 9.13 Å². The van der Waals surface area contributed by atoms with Gasteiger partial charge in [0.05, 0.1) is 12.0 Å².